The molecule has 114 valence electrons. The molecule has 3 rings (SSSR count). The van der Waals surface area contributed by atoms with Crippen LogP contribution in [-0.4, -0.2) is 40.6 Å². The van der Waals surface area contributed by atoms with Crippen LogP contribution >= 0.6 is 0 Å². The summed E-state index contributed by atoms with van der Waals surface area (Å²) in [6.45, 7) is 0.676. The van der Waals surface area contributed by atoms with Gasteiger partial charge in [-0.15, -0.1) is 0 Å². The molecule has 2 fully saturated rings. The van der Waals surface area contributed by atoms with Crippen LogP contribution in [0.3, 0.4) is 0 Å². The van der Waals surface area contributed by atoms with Gasteiger partial charge in [-0.1, -0.05) is 30.3 Å². The number of hydrogen-bond donors (Lipinski definition) is 3. The van der Waals surface area contributed by atoms with Gasteiger partial charge in [0.05, 0.1) is 12.0 Å². The predicted molar refractivity (Wildman–Crippen MR) is 80.3 cm³/mol. The summed E-state index contributed by atoms with van der Waals surface area (Å²) in [5.41, 5.74) is 3.29. The number of nitrogens with two attached hydrogens (primary N) is 1. The van der Waals surface area contributed by atoms with Gasteiger partial charge in [0, 0.05) is 18.6 Å². The first-order chi connectivity index (χ1) is 10.2. The van der Waals surface area contributed by atoms with Crippen molar-refractivity contribution in [2.75, 3.05) is 6.54 Å². The molecule has 3 atom stereocenters. The standard InChI is InChI=1S/C16H23N3O2/c17-18-16(21)15(11-4-2-1-3-5-11)10-19-12-6-7-13(19)9-14(20)8-12/h1-5,12-15,20H,6-10,17H2,(H,18,21). The molecular formula is C16H23N3O2. The molecule has 1 aromatic rings. The van der Waals surface area contributed by atoms with E-state index in [4.69, 9.17) is 5.84 Å². The summed E-state index contributed by atoms with van der Waals surface area (Å²) in [6.07, 6.45) is 3.70. The third kappa shape index (κ3) is 2.95. The molecule has 0 spiro atoms. The van der Waals surface area contributed by atoms with Crippen LogP contribution in [0.1, 0.15) is 37.2 Å². The highest BCUT2D eigenvalue weighted by Crippen LogP contribution is 2.37. The van der Waals surface area contributed by atoms with Gasteiger partial charge in [0.15, 0.2) is 0 Å². The summed E-state index contributed by atoms with van der Waals surface area (Å²) in [6, 6.07) is 10.6. The Bertz CT molecular complexity index is 480. The van der Waals surface area contributed by atoms with E-state index in [1.807, 2.05) is 30.3 Å². The number of amides is 1. The average Bonchev–Trinajstić information content (AvgIpc) is 2.74. The Labute approximate surface area is 125 Å². The number of nitrogens with zero attached hydrogens (tertiary/aromatic N) is 1. The van der Waals surface area contributed by atoms with E-state index in [1.54, 1.807) is 0 Å². The van der Waals surface area contributed by atoms with E-state index in [1.165, 1.54) is 0 Å². The number of piperidine rings is 1. The largest absolute Gasteiger partial charge is 0.393 e. The van der Waals surface area contributed by atoms with E-state index in [-0.39, 0.29) is 17.9 Å². The maximum atomic E-state index is 12.2. The molecular weight excluding hydrogens is 266 g/mol. The van der Waals surface area contributed by atoms with Crippen molar-refractivity contribution in [3.05, 3.63) is 35.9 Å². The van der Waals surface area contributed by atoms with Crippen LogP contribution in [0.5, 0.6) is 0 Å². The molecule has 1 aromatic carbocycles. The van der Waals surface area contributed by atoms with E-state index < -0.39 is 0 Å². The molecule has 0 saturated carbocycles. The minimum Gasteiger partial charge on any atom is -0.393 e. The molecule has 21 heavy (non-hydrogen) atoms. The van der Waals surface area contributed by atoms with Crippen LogP contribution in [0.2, 0.25) is 0 Å². The maximum Gasteiger partial charge on any atom is 0.242 e. The lowest BCUT2D eigenvalue weighted by molar-refractivity contribution is -0.123. The number of aliphatic hydroxyl groups excluding tert-OH is 1. The summed E-state index contributed by atoms with van der Waals surface area (Å²) >= 11 is 0. The van der Waals surface area contributed by atoms with Gasteiger partial charge in [0.1, 0.15) is 0 Å². The number of rotatable bonds is 4. The average molecular weight is 289 g/mol. The highest BCUT2D eigenvalue weighted by molar-refractivity contribution is 5.83. The molecule has 0 radical (unpaired) electrons. The third-order valence-corrected chi connectivity index (χ3v) is 4.91. The lowest BCUT2D eigenvalue weighted by Crippen LogP contribution is -2.49. The summed E-state index contributed by atoms with van der Waals surface area (Å²) in [7, 11) is 0. The number of fused-ring (bicyclic) bond motifs is 2. The van der Waals surface area contributed by atoms with Crippen molar-refractivity contribution in [2.45, 2.75) is 49.8 Å². The Morgan fingerprint density at radius 2 is 1.90 bits per heavy atom. The summed E-state index contributed by atoms with van der Waals surface area (Å²) < 4.78 is 0. The second-order valence-electron chi connectivity index (χ2n) is 6.18. The van der Waals surface area contributed by atoms with Gasteiger partial charge in [0.2, 0.25) is 5.91 Å². The lowest BCUT2D eigenvalue weighted by Gasteiger charge is -2.38. The van der Waals surface area contributed by atoms with Crippen LogP contribution in [-0.2, 0) is 4.79 Å². The van der Waals surface area contributed by atoms with E-state index in [9.17, 15) is 9.90 Å². The van der Waals surface area contributed by atoms with Crippen molar-refractivity contribution < 1.29 is 9.90 Å². The first-order valence-electron chi connectivity index (χ1n) is 7.68. The molecule has 4 N–H and O–H groups in total. The zero-order valence-corrected chi connectivity index (χ0v) is 12.1. The smallest absolute Gasteiger partial charge is 0.242 e. The maximum absolute atomic E-state index is 12.2. The highest BCUT2D eigenvalue weighted by Gasteiger charge is 2.41. The molecule has 1 amide bonds. The van der Waals surface area contributed by atoms with Crippen molar-refractivity contribution >= 4 is 5.91 Å². The summed E-state index contributed by atoms with van der Waals surface area (Å²) in [5, 5.41) is 9.89. The minimum absolute atomic E-state index is 0.147. The van der Waals surface area contributed by atoms with Crippen molar-refractivity contribution in [3.8, 4) is 0 Å². The SMILES string of the molecule is NNC(=O)C(CN1C2CCC1CC(O)C2)c1ccccc1. The van der Waals surface area contributed by atoms with Gasteiger partial charge in [-0.2, -0.15) is 0 Å². The number of carbonyl (C=O) groups excluding carboxylic acids is 1. The van der Waals surface area contributed by atoms with Crippen LogP contribution in [0.4, 0.5) is 0 Å². The third-order valence-electron chi connectivity index (χ3n) is 4.91. The van der Waals surface area contributed by atoms with Gasteiger partial charge in [-0.25, -0.2) is 5.84 Å². The number of hydrazine groups is 1. The highest BCUT2D eigenvalue weighted by atomic mass is 16.3. The van der Waals surface area contributed by atoms with Gasteiger partial charge >= 0.3 is 0 Å². The summed E-state index contributed by atoms with van der Waals surface area (Å²) in [4.78, 5) is 14.6. The molecule has 5 heteroatoms. The van der Waals surface area contributed by atoms with Crippen LogP contribution in [0, 0.1) is 0 Å². The molecule has 2 saturated heterocycles. The Balaban J connectivity index is 1.78. The quantitative estimate of drug-likeness (QED) is 0.434. The second kappa shape index (κ2) is 6.13. The fourth-order valence-corrected chi connectivity index (χ4v) is 3.88. The summed E-state index contributed by atoms with van der Waals surface area (Å²) in [5.74, 6) is 4.96. The van der Waals surface area contributed by atoms with E-state index in [0.29, 0.717) is 18.6 Å². The fourth-order valence-electron chi connectivity index (χ4n) is 3.88. The molecule has 2 aliphatic rings. The fraction of sp³-hybridized carbons (Fsp3) is 0.562. The monoisotopic (exact) mass is 289 g/mol. The topological polar surface area (TPSA) is 78.6 Å². The number of aliphatic hydroxyl groups is 1. The molecule has 5 nitrogen and oxygen atoms in total. The number of benzene rings is 1. The van der Waals surface area contributed by atoms with Gasteiger partial charge < -0.3 is 5.11 Å². The van der Waals surface area contributed by atoms with Crippen LogP contribution in [0.25, 0.3) is 0 Å². The van der Waals surface area contributed by atoms with Crippen molar-refractivity contribution in [2.24, 2.45) is 5.84 Å². The molecule has 2 bridgehead atoms. The number of carbonyl (C=O) groups is 1. The Morgan fingerprint density at radius 3 is 2.48 bits per heavy atom. The van der Waals surface area contributed by atoms with Gasteiger partial charge in [-0.05, 0) is 31.2 Å². The zero-order valence-electron chi connectivity index (χ0n) is 12.1. The molecule has 0 aliphatic carbocycles. The second-order valence-corrected chi connectivity index (χ2v) is 6.18. The normalized spacial score (nSPS) is 30.1. The Hall–Kier alpha value is -1.43. The zero-order chi connectivity index (χ0) is 14.8. The van der Waals surface area contributed by atoms with Crippen LogP contribution in [0.15, 0.2) is 30.3 Å². The Morgan fingerprint density at radius 1 is 1.29 bits per heavy atom. The van der Waals surface area contributed by atoms with Crippen molar-refractivity contribution in [1.29, 1.82) is 0 Å². The van der Waals surface area contributed by atoms with Crippen molar-refractivity contribution in [1.82, 2.24) is 10.3 Å². The predicted octanol–water partition coefficient (Wildman–Crippen LogP) is 0.748. The van der Waals surface area contributed by atoms with Crippen molar-refractivity contribution in [3.63, 3.8) is 0 Å². The van der Waals surface area contributed by atoms with E-state index in [2.05, 4.69) is 10.3 Å². The number of nitrogens with one attached hydrogen (secondary N) is 1. The van der Waals surface area contributed by atoms with E-state index in [0.717, 1.165) is 31.2 Å². The lowest BCUT2D eigenvalue weighted by atomic mass is 9.93. The van der Waals surface area contributed by atoms with Gasteiger partial charge in [0.25, 0.3) is 0 Å². The molecule has 0 aromatic heterocycles. The molecule has 2 aliphatic heterocycles. The Kier molecular flexibility index (Phi) is 4.24. The van der Waals surface area contributed by atoms with Crippen LogP contribution < -0.4 is 11.3 Å². The number of hydrogen-bond acceptors (Lipinski definition) is 4. The molecule has 3 unspecified atom stereocenters. The first-order valence-corrected chi connectivity index (χ1v) is 7.68. The minimum atomic E-state index is -0.255. The van der Waals surface area contributed by atoms with E-state index >= 15 is 0 Å². The molecule has 2 heterocycles. The van der Waals surface area contributed by atoms with Gasteiger partial charge in [-0.3, -0.25) is 15.1 Å². The first kappa shape index (κ1) is 14.5.